The fourth-order valence-corrected chi connectivity index (χ4v) is 0.871. The highest BCUT2D eigenvalue weighted by atomic mass is 16.7. The van der Waals surface area contributed by atoms with Gasteiger partial charge in [0.25, 0.3) is 0 Å². The van der Waals surface area contributed by atoms with Gasteiger partial charge in [-0.2, -0.15) is 0 Å². The summed E-state index contributed by atoms with van der Waals surface area (Å²) in [6.07, 6.45) is 0.0369. The van der Waals surface area contributed by atoms with Crippen LogP contribution in [0.15, 0.2) is 0 Å². The predicted octanol–water partition coefficient (Wildman–Crippen LogP) is 2.62. The summed E-state index contributed by atoms with van der Waals surface area (Å²) >= 11 is 0. The zero-order valence-corrected chi connectivity index (χ0v) is 9.94. The Morgan fingerprint density at radius 1 is 0.737 bits per heavy atom. The SMILES string of the molecule is C.C.C.C.CC(N)COCOCC(C)OCC(C)N. The van der Waals surface area contributed by atoms with Gasteiger partial charge in [-0.25, -0.2) is 0 Å². The minimum Gasteiger partial charge on any atom is -0.375 e. The van der Waals surface area contributed by atoms with E-state index in [1.165, 1.54) is 0 Å². The van der Waals surface area contributed by atoms with Crippen LogP contribution in [0.5, 0.6) is 0 Å². The molecule has 0 spiro atoms. The Labute approximate surface area is 122 Å². The molecule has 0 radical (unpaired) electrons. The van der Waals surface area contributed by atoms with Gasteiger partial charge in [0.2, 0.25) is 0 Å². The topological polar surface area (TPSA) is 79.7 Å². The molecule has 0 aliphatic rings. The molecular weight excluding hydrogens is 244 g/mol. The third-order valence-electron chi connectivity index (χ3n) is 1.54. The Morgan fingerprint density at radius 3 is 1.58 bits per heavy atom. The van der Waals surface area contributed by atoms with Gasteiger partial charge in [0.15, 0.2) is 0 Å². The summed E-state index contributed by atoms with van der Waals surface area (Å²) in [5, 5.41) is 0. The van der Waals surface area contributed by atoms with Crippen molar-refractivity contribution in [1.82, 2.24) is 0 Å². The Balaban J connectivity index is -0.000000163. The van der Waals surface area contributed by atoms with E-state index in [-0.39, 0.29) is 54.7 Å². The molecule has 0 bridgehead atoms. The molecule has 0 heterocycles. The third kappa shape index (κ3) is 27.1. The second-order valence-corrected chi connectivity index (χ2v) is 3.96. The van der Waals surface area contributed by atoms with Gasteiger partial charge in [0, 0.05) is 12.1 Å². The minimum absolute atomic E-state index is 0. The lowest BCUT2D eigenvalue weighted by Crippen LogP contribution is -2.27. The molecule has 0 aliphatic heterocycles. The average Bonchev–Trinajstić information content (AvgIpc) is 2.13. The number of hydrogen-bond acceptors (Lipinski definition) is 5. The molecule has 0 aromatic rings. The largest absolute Gasteiger partial charge is 0.375 e. The lowest BCUT2D eigenvalue weighted by molar-refractivity contribution is -0.0909. The van der Waals surface area contributed by atoms with Crippen LogP contribution in [-0.4, -0.2) is 44.8 Å². The highest BCUT2D eigenvalue weighted by Crippen LogP contribution is 1.93. The fraction of sp³-hybridized carbons (Fsp3) is 1.00. The molecule has 0 saturated carbocycles. The first-order valence-electron chi connectivity index (χ1n) is 5.30. The quantitative estimate of drug-likeness (QED) is 0.502. The van der Waals surface area contributed by atoms with Crippen LogP contribution in [0.4, 0.5) is 0 Å². The average molecular weight is 284 g/mol. The van der Waals surface area contributed by atoms with Gasteiger partial charge < -0.3 is 25.7 Å². The lowest BCUT2D eigenvalue weighted by Gasteiger charge is -2.15. The van der Waals surface area contributed by atoms with E-state index in [0.717, 1.165) is 0 Å². The second-order valence-electron chi connectivity index (χ2n) is 3.96. The van der Waals surface area contributed by atoms with E-state index < -0.39 is 0 Å². The van der Waals surface area contributed by atoms with E-state index in [0.29, 0.717) is 19.8 Å². The summed E-state index contributed by atoms with van der Waals surface area (Å²) in [5.41, 5.74) is 11.0. The van der Waals surface area contributed by atoms with Crippen LogP contribution in [0.3, 0.4) is 0 Å². The number of ether oxygens (including phenoxy) is 3. The highest BCUT2D eigenvalue weighted by molar-refractivity contribution is 4.53. The Hall–Kier alpha value is -0.200. The molecule has 0 saturated heterocycles. The molecule has 0 aromatic carbocycles. The molecule has 0 amide bonds. The van der Waals surface area contributed by atoms with Crippen LogP contribution in [0.25, 0.3) is 0 Å². The van der Waals surface area contributed by atoms with Gasteiger partial charge in [-0.3, -0.25) is 0 Å². The van der Waals surface area contributed by atoms with Crippen LogP contribution in [0, 0.1) is 0 Å². The van der Waals surface area contributed by atoms with Crippen LogP contribution in [0.1, 0.15) is 50.5 Å². The van der Waals surface area contributed by atoms with Crippen LogP contribution in [0.2, 0.25) is 0 Å². The maximum atomic E-state index is 5.55. The van der Waals surface area contributed by atoms with Gasteiger partial charge in [0.1, 0.15) is 6.79 Å². The van der Waals surface area contributed by atoms with Crippen molar-refractivity contribution in [3.05, 3.63) is 0 Å². The van der Waals surface area contributed by atoms with Crippen molar-refractivity contribution in [2.45, 2.75) is 68.7 Å². The molecule has 3 unspecified atom stereocenters. The van der Waals surface area contributed by atoms with Crippen molar-refractivity contribution in [1.29, 1.82) is 0 Å². The van der Waals surface area contributed by atoms with E-state index in [2.05, 4.69) is 0 Å². The van der Waals surface area contributed by atoms with Crippen molar-refractivity contribution in [2.75, 3.05) is 26.6 Å². The predicted molar refractivity (Wildman–Crippen MR) is 86.4 cm³/mol. The molecule has 4 N–H and O–H groups in total. The number of hydrogen-bond donors (Lipinski definition) is 2. The van der Waals surface area contributed by atoms with Gasteiger partial charge in [0.05, 0.1) is 25.9 Å². The lowest BCUT2D eigenvalue weighted by atomic mass is 10.4. The molecule has 5 heteroatoms. The third-order valence-corrected chi connectivity index (χ3v) is 1.54. The minimum atomic E-state index is 0. The molecule has 5 nitrogen and oxygen atoms in total. The van der Waals surface area contributed by atoms with Crippen molar-refractivity contribution in [2.24, 2.45) is 11.5 Å². The Kier molecular flexibility index (Phi) is 33.1. The van der Waals surface area contributed by atoms with Gasteiger partial charge >= 0.3 is 0 Å². The Bertz CT molecular complexity index is 145. The first-order chi connectivity index (χ1) is 7.02. The summed E-state index contributed by atoms with van der Waals surface area (Å²) in [4.78, 5) is 0. The van der Waals surface area contributed by atoms with Crippen LogP contribution in [-0.2, 0) is 14.2 Å². The highest BCUT2D eigenvalue weighted by Gasteiger charge is 2.03. The smallest absolute Gasteiger partial charge is 0.146 e. The van der Waals surface area contributed by atoms with Crippen molar-refractivity contribution < 1.29 is 14.2 Å². The summed E-state index contributed by atoms with van der Waals surface area (Å²) in [6, 6.07) is 0.0992. The molecule has 3 atom stereocenters. The van der Waals surface area contributed by atoms with Crippen molar-refractivity contribution in [3.63, 3.8) is 0 Å². The summed E-state index contributed by atoms with van der Waals surface area (Å²) < 4.78 is 15.8. The van der Waals surface area contributed by atoms with Crippen LogP contribution < -0.4 is 11.5 Å². The van der Waals surface area contributed by atoms with Gasteiger partial charge in [-0.1, -0.05) is 29.7 Å². The fourth-order valence-electron chi connectivity index (χ4n) is 0.871. The molecule has 0 fully saturated rings. The summed E-state index contributed by atoms with van der Waals surface area (Å²) in [5.74, 6) is 0. The maximum absolute atomic E-state index is 5.55. The standard InChI is InChI=1S/C10H24N2O3.4CH4/c1-8(11)4-13-7-14-6-10(3)15-5-9(2)12;;;;/h8-10H,4-7,11-12H2,1-3H3;4*1H4. The first kappa shape index (κ1) is 31.3. The Morgan fingerprint density at radius 2 is 1.16 bits per heavy atom. The molecule has 0 aromatic heterocycles. The van der Waals surface area contributed by atoms with E-state index in [4.69, 9.17) is 25.7 Å². The van der Waals surface area contributed by atoms with E-state index in [1.807, 2.05) is 20.8 Å². The normalized spacial score (nSPS) is 13.7. The number of nitrogens with two attached hydrogens (primary N) is 2. The van der Waals surface area contributed by atoms with Gasteiger partial charge in [-0.15, -0.1) is 0 Å². The number of rotatable bonds is 9. The van der Waals surface area contributed by atoms with E-state index in [9.17, 15) is 0 Å². The monoisotopic (exact) mass is 284 g/mol. The molecule has 19 heavy (non-hydrogen) atoms. The molecular formula is C14H40N2O3. The summed E-state index contributed by atoms with van der Waals surface area (Å²) in [7, 11) is 0. The van der Waals surface area contributed by atoms with Gasteiger partial charge in [-0.05, 0) is 20.8 Å². The second kappa shape index (κ2) is 20.1. The summed E-state index contributed by atoms with van der Waals surface area (Å²) in [6.45, 7) is 7.54. The maximum Gasteiger partial charge on any atom is 0.146 e. The molecule has 0 rings (SSSR count). The van der Waals surface area contributed by atoms with E-state index >= 15 is 0 Å². The van der Waals surface area contributed by atoms with Crippen LogP contribution >= 0.6 is 0 Å². The van der Waals surface area contributed by atoms with E-state index in [1.54, 1.807) is 0 Å². The van der Waals surface area contributed by atoms with Crippen molar-refractivity contribution >= 4 is 0 Å². The molecule has 124 valence electrons. The zero-order valence-electron chi connectivity index (χ0n) is 9.94. The first-order valence-corrected chi connectivity index (χ1v) is 5.30. The molecule has 0 aliphatic carbocycles. The zero-order chi connectivity index (χ0) is 11.7. The van der Waals surface area contributed by atoms with Crippen molar-refractivity contribution in [3.8, 4) is 0 Å².